The van der Waals surface area contributed by atoms with Gasteiger partial charge in [-0.3, -0.25) is 14.4 Å². The van der Waals surface area contributed by atoms with Crippen molar-refractivity contribution in [3.05, 3.63) is 98.6 Å². The smallest absolute Gasteiger partial charge is 0.338 e. The van der Waals surface area contributed by atoms with Gasteiger partial charge in [0.25, 0.3) is 17.7 Å². The zero-order chi connectivity index (χ0) is 26.7. The third-order valence-electron chi connectivity index (χ3n) is 5.21. The van der Waals surface area contributed by atoms with E-state index in [2.05, 4.69) is 10.6 Å². The second-order valence-corrected chi connectivity index (χ2v) is 8.89. The summed E-state index contributed by atoms with van der Waals surface area (Å²) in [6.07, 6.45) is 0. The molecule has 37 heavy (non-hydrogen) atoms. The molecule has 3 aromatic carbocycles. The van der Waals surface area contributed by atoms with Crippen LogP contribution in [-0.4, -0.2) is 30.3 Å². The molecule has 0 aliphatic carbocycles. The van der Waals surface area contributed by atoms with Crippen molar-refractivity contribution in [2.24, 2.45) is 0 Å². The maximum atomic E-state index is 13.0. The van der Waals surface area contributed by atoms with Gasteiger partial charge in [0, 0.05) is 16.9 Å². The molecule has 2 N–H and O–H groups in total. The van der Waals surface area contributed by atoms with Crippen molar-refractivity contribution in [2.75, 3.05) is 22.1 Å². The number of ether oxygens (including phenoxy) is 1. The van der Waals surface area contributed by atoms with E-state index in [-0.39, 0.29) is 38.6 Å². The molecular formula is C26H18Cl3N3O5. The molecule has 1 heterocycles. The molecule has 8 nitrogen and oxygen atoms in total. The summed E-state index contributed by atoms with van der Waals surface area (Å²) in [5.74, 6) is -2.39. The van der Waals surface area contributed by atoms with Gasteiger partial charge < -0.3 is 15.4 Å². The highest BCUT2D eigenvalue weighted by Crippen LogP contribution is 2.33. The van der Waals surface area contributed by atoms with Crippen LogP contribution < -0.4 is 15.5 Å². The number of benzene rings is 3. The first kappa shape index (κ1) is 26.2. The van der Waals surface area contributed by atoms with Crippen molar-refractivity contribution in [2.45, 2.75) is 6.92 Å². The first-order valence-corrected chi connectivity index (χ1v) is 12.0. The second-order valence-electron chi connectivity index (χ2n) is 7.69. The predicted molar refractivity (Wildman–Crippen MR) is 142 cm³/mol. The Balaban J connectivity index is 1.51. The van der Waals surface area contributed by atoms with E-state index in [9.17, 15) is 19.2 Å². The molecule has 0 atom stereocenters. The second kappa shape index (κ2) is 11.0. The van der Waals surface area contributed by atoms with E-state index in [0.29, 0.717) is 16.9 Å². The van der Waals surface area contributed by atoms with Crippen molar-refractivity contribution >= 4 is 75.6 Å². The fraction of sp³-hybridized carbons (Fsp3) is 0.0769. The minimum absolute atomic E-state index is 0.155. The highest BCUT2D eigenvalue weighted by molar-refractivity contribution is 6.53. The quantitative estimate of drug-likeness (QED) is 0.278. The van der Waals surface area contributed by atoms with Gasteiger partial charge in [0.2, 0.25) is 0 Å². The maximum absolute atomic E-state index is 13.0. The molecule has 0 saturated heterocycles. The van der Waals surface area contributed by atoms with Gasteiger partial charge in [0.15, 0.2) is 0 Å². The van der Waals surface area contributed by atoms with Crippen LogP contribution in [0.3, 0.4) is 0 Å². The summed E-state index contributed by atoms with van der Waals surface area (Å²) in [4.78, 5) is 51.4. The third kappa shape index (κ3) is 5.61. The Bertz CT molecular complexity index is 1470. The van der Waals surface area contributed by atoms with Crippen LogP contribution in [0.15, 0.2) is 77.5 Å². The van der Waals surface area contributed by atoms with Crippen LogP contribution in [0.25, 0.3) is 0 Å². The molecule has 0 fully saturated rings. The Morgan fingerprint density at radius 3 is 2.22 bits per heavy atom. The van der Waals surface area contributed by atoms with Crippen molar-refractivity contribution in [1.29, 1.82) is 0 Å². The summed E-state index contributed by atoms with van der Waals surface area (Å²) in [5, 5.41) is 5.66. The lowest BCUT2D eigenvalue weighted by atomic mass is 10.1. The zero-order valence-electron chi connectivity index (χ0n) is 19.2. The molecule has 3 amide bonds. The fourth-order valence-electron chi connectivity index (χ4n) is 3.49. The van der Waals surface area contributed by atoms with Crippen molar-refractivity contribution in [1.82, 2.24) is 0 Å². The van der Waals surface area contributed by atoms with Crippen molar-refractivity contribution < 1.29 is 23.9 Å². The van der Waals surface area contributed by atoms with Crippen LogP contribution in [0.4, 0.5) is 17.1 Å². The molecule has 0 aromatic heterocycles. The van der Waals surface area contributed by atoms with E-state index in [1.165, 1.54) is 30.3 Å². The average Bonchev–Trinajstić information content (AvgIpc) is 3.09. The summed E-state index contributed by atoms with van der Waals surface area (Å²) >= 11 is 18.1. The summed E-state index contributed by atoms with van der Waals surface area (Å²) in [5.41, 5.74) is 1.34. The summed E-state index contributed by atoms with van der Waals surface area (Å²) in [7, 11) is 0. The molecule has 11 heteroatoms. The number of amides is 3. The van der Waals surface area contributed by atoms with Gasteiger partial charge in [-0.15, -0.1) is 0 Å². The van der Waals surface area contributed by atoms with Crippen LogP contribution in [0, 0.1) is 0 Å². The molecule has 1 aliphatic rings. The number of carbonyl (C=O) groups is 4. The van der Waals surface area contributed by atoms with Crippen LogP contribution in [0.5, 0.6) is 0 Å². The summed E-state index contributed by atoms with van der Waals surface area (Å²) in [6.45, 7) is 1.93. The van der Waals surface area contributed by atoms with Gasteiger partial charge in [-0.2, -0.15) is 0 Å². The van der Waals surface area contributed by atoms with E-state index in [4.69, 9.17) is 39.5 Å². The van der Waals surface area contributed by atoms with Gasteiger partial charge in [-0.1, -0.05) is 46.9 Å². The lowest BCUT2D eigenvalue weighted by Gasteiger charge is -2.16. The first-order valence-electron chi connectivity index (χ1n) is 10.9. The normalized spacial score (nSPS) is 13.1. The van der Waals surface area contributed by atoms with Gasteiger partial charge in [0.1, 0.15) is 10.7 Å². The van der Waals surface area contributed by atoms with Crippen molar-refractivity contribution in [3.63, 3.8) is 0 Å². The number of nitrogens with one attached hydrogen (secondary N) is 2. The molecule has 3 aromatic rings. The van der Waals surface area contributed by atoms with E-state index in [1.54, 1.807) is 43.3 Å². The van der Waals surface area contributed by atoms with Gasteiger partial charge >= 0.3 is 5.97 Å². The van der Waals surface area contributed by atoms with Gasteiger partial charge in [-0.05, 0) is 61.5 Å². The van der Waals surface area contributed by atoms with Crippen LogP contribution in [0.1, 0.15) is 27.6 Å². The molecular weight excluding hydrogens is 541 g/mol. The third-order valence-corrected chi connectivity index (χ3v) is 6.30. The topological polar surface area (TPSA) is 105 Å². The number of hydrogen-bond donors (Lipinski definition) is 2. The molecule has 1 aliphatic heterocycles. The largest absolute Gasteiger partial charge is 0.462 e. The molecule has 188 valence electrons. The minimum Gasteiger partial charge on any atom is -0.462 e. The molecule has 4 rings (SSSR count). The van der Waals surface area contributed by atoms with Gasteiger partial charge in [0.05, 0.1) is 27.9 Å². The average molecular weight is 559 g/mol. The van der Waals surface area contributed by atoms with E-state index >= 15 is 0 Å². The van der Waals surface area contributed by atoms with E-state index in [1.807, 2.05) is 0 Å². The number of anilines is 3. The molecule has 0 unspecified atom stereocenters. The maximum Gasteiger partial charge on any atom is 0.338 e. The fourth-order valence-corrected chi connectivity index (χ4v) is 4.00. The highest BCUT2D eigenvalue weighted by atomic mass is 35.5. The lowest BCUT2D eigenvalue weighted by Crippen LogP contribution is -2.32. The van der Waals surface area contributed by atoms with E-state index in [0.717, 1.165) is 4.90 Å². The Kier molecular flexibility index (Phi) is 7.83. The number of carbonyl (C=O) groups excluding carboxylic acids is 4. The van der Waals surface area contributed by atoms with Gasteiger partial charge in [-0.25, -0.2) is 9.69 Å². The number of rotatable bonds is 7. The standard InChI is InChI=1S/C26H18Cl3N3O5/c1-2-37-26(36)15-6-4-8-17(12-15)31-23(33)14-5-3-7-16(11-14)30-22-21(29)24(34)32(25(22)35)18-9-10-19(27)20(28)13-18/h3-13,30H,2H2,1H3,(H,31,33). The van der Waals surface area contributed by atoms with Crippen LogP contribution in [0.2, 0.25) is 10.0 Å². The summed E-state index contributed by atoms with van der Waals surface area (Å²) < 4.78 is 4.98. The zero-order valence-corrected chi connectivity index (χ0v) is 21.4. The number of imide groups is 1. The summed E-state index contributed by atoms with van der Waals surface area (Å²) in [6, 6.07) is 16.9. The number of esters is 1. The number of hydrogen-bond acceptors (Lipinski definition) is 6. The Morgan fingerprint density at radius 2 is 1.51 bits per heavy atom. The minimum atomic E-state index is -0.733. The predicted octanol–water partition coefficient (Wildman–Crippen LogP) is 5.86. The molecule has 0 saturated carbocycles. The number of halogens is 3. The van der Waals surface area contributed by atoms with Crippen molar-refractivity contribution in [3.8, 4) is 0 Å². The number of nitrogens with zero attached hydrogens (tertiary/aromatic N) is 1. The Morgan fingerprint density at radius 1 is 0.838 bits per heavy atom. The SMILES string of the molecule is CCOC(=O)c1cccc(NC(=O)c2cccc(NC3=C(Cl)C(=O)N(c4ccc(Cl)c(Cl)c4)C3=O)c2)c1. The Hall–Kier alpha value is -3.85. The monoisotopic (exact) mass is 557 g/mol. The lowest BCUT2D eigenvalue weighted by molar-refractivity contribution is -0.120. The molecule has 0 spiro atoms. The van der Waals surface area contributed by atoms with E-state index < -0.39 is 23.7 Å². The molecule has 0 bridgehead atoms. The first-order chi connectivity index (χ1) is 17.7. The molecule has 0 radical (unpaired) electrons. The Labute approximate surface area is 226 Å². The van der Waals surface area contributed by atoms with Crippen LogP contribution in [-0.2, 0) is 14.3 Å². The highest BCUT2D eigenvalue weighted by Gasteiger charge is 2.39. The van der Waals surface area contributed by atoms with Crippen LogP contribution >= 0.6 is 34.8 Å².